The Morgan fingerprint density at radius 3 is 2.22 bits per heavy atom. The molecular formula is C26H30N4O6. The normalized spacial score (nSPS) is 19.4. The van der Waals surface area contributed by atoms with Gasteiger partial charge in [0.2, 0.25) is 0 Å². The van der Waals surface area contributed by atoms with E-state index in [1.54, 1.807) is 61.7 Å². The van der Waals surface area contributed by atoms with Crippen molar-refractivity contribution in [2.24, 2.45) is 0 Å². The number of carbonyl (C=O) groups excluding carboxylic acids is 2. The van der Waals surface area contributed by atoms with E-state index in [4.69, 9.17) is 14.0 Å². The molecule has 3 atom stereocenters. The third-order valence-electron chi connectivity index (χ3n) is 5.81. The van der Waals surface area contributed by atoms with Crippen LogP contribution < -0.4 is 10.6 Å². The first-order chi connectivity index (χ1) is 17.5. The predicted molar refractivity (Wildman–Crippen MR) is 132 cm³/mol. The maximum Gasteiger partial charge on any atom is 0.330 e. The summed E-state index contributed by atoms with van der Waals surface area (Å²) in [6, 6.07) is 18.2. The summed E-state index contributed by atoms with van der Waals surface area (Å²) in [6.45, 7) is 0.185. The number of aliphatic hydroxyl groups is 1. The van der Waals surface area contributed by atoms with E-state index in [1.165, 1.54) is 0 Å². The SMILES string of the molecule is COCc1cc(CC2CCC(O)C(CN(C(=O)Nc3ccccc3)C(=O)Nc3ccccc3)O2)no1. The molecule has 10 heteroatoms. The van der Waals surface area contributed by atoms with Crippen LogP contribution in [0.5, 0.6) is 0 Å². The van der Waals surface area contributed by atoms with Crippen LogP contribution in [-0.4, -0.2) is 59.2 Å². The van der Waals surface area contributed by atoms with Crippen LogP contribution in [0, 0.1) is 0 Å². The van der Waals surface area contributed by atoms with Gasteiger partial charge in [0.25, 0.3) is 0 Å². The lowest BCUT2D eigenvalue weighted by atomic mass is 9.98. The predicted octanol–water partition coefficient (Wildman–Crippen LogP) is 4.04. The number of ether oxygens (including phenoxy) is 2. The van der Waals surface area contributed by atoms with Gasteiger partial charge in [0, 0.05) is 31.0 Å². The zero-order valence-electron chi connectivity index (χ0n) is 20.0. The molecule has 4 rings (SSSR count). The van der Waals surface area contributed by atoms with Crippen LogP contribution in [0.2, 0.25) is 0 Å². The average molecular weight is 495 g/mol. The van der Waals surface area contributed by atoms with E-state index >= 15 is 0 Å². The van der Waals surface area contributed by atoms with E-state index in [9.17, 15) is 14.7 Å². The number of rotatable bonds is 8. The van der Waals surface area contributed by atoms with Gasteiger partial charge < -0.3 is 29.7 Å². The van der Waals surface area contributed by atoms with Gasteiger partial charge in [-0.15, -0.1) is 0 Å². The number of aliphatic hydroxyl groups excluding tert-OH is 1. The Morgan fingerprint density at radius 1 is 1.03 bits per heavy atom. The zero-order chi connectivity index (χ0) is 25.3. The Bertz CT molecular complexity index is 1070. The summed E-state index contributed by atoms with van der Waals surface area (Å²) in [7, 11) is 1.58. The zero-order valence-corrected chi connectivity index (χ0v) is 20.0. The van der Waals surface area contributed by atoms with Crippen molar-refractivity contribution in [3.05, 3.63) is 78.2 Å². The van der Waals surface area contributed by atoms with E-state index in [-0.39, 0.29) is 12.6 Å². The smallest absolute Gasteiger partial charge is 0.330 e. The number of para-hydroxylation sites is 2. The third kappa shape index (κ3) is 6.91. The van der Waals surface area contributed by atoms with Gasteiger partial charge in [-0.05, 0) is 37.1 Å². The fourth-order valence-corrected chi connectivity index (χ4v) is 4.02. The summed E-state index contributed by atoms with van der Waals surface area (Å²) in [4.78, 5) is 27.3. The van der Waals surface area contributed by atoms with Crippen molar-refractivity contribution in [2.75, 3.05) is 24.3 Å². The molecule has 3 N–H and O–H groups in total. The number of carbonyl (C=O) groups is 2. The highest BCUT2D eigenvalue weighted by Crippen LogP contribution is 2.24. The molecule has 1 aliphatic rings. The topological polar surface area (TPSA) is 126 Å². The first kappa shape index (κ1) is 25.4. The summed E-state index contributed by atoms with van der Waals surface area (Å²) in [5.41, 5.74) is 1.80. The molecule has 1 fully saturated rings. The number of urea groups is 2. The van der Waals surface area contributed by atoms with Gasteiger partial charge in [-0.25, -0.2) is 14.5 Å². The summed E-state index contributed by atoms with van der Waals surface area (Å²) < 4.78 is 16.4. The van der Waals surface area contributed by atoms with Crippen molar-refractivity contribution in [3.63, 3.8) is 0 Å². The second-order valence-electron chi connectivity index (χ2n) is 8.57. The molecule has 190 valence electrons. The monoisotopic (exact) mass is 494 g/mol. The van der Waals surface area contributed by atoms with Crippen LogP contribution in [0.3, 0.4) is 0 Å². The first-order valence-electron chi connectivity index (χ1n) is 11.8. The highest BCUT2D eigenvalue weighted by Gasteiger charge is 2.35. The van der Waals surface area contributed by atoms with Crippen molar-refractivity contribution in [3.8, 4) is 0 Å². The van der Waals surface area contributed by atoms with Gasteiger partial charge in [0.1, 0.15) is 12.7 Å². The summed E-state index contributed by atoms with van der Waals surface area (Å²) in [6.07, 6.45) is -0.308. The number of amides is 4. The number of aromatic nitrogens is 1. The fraction of sp³-hybridized carbons (Fsp3) is 0.346. The molecule has 0 aliphatic carbocycles. The highest BCUT2D eigenvalue weighted by molar-refractivity contribution is 6.05. The van der Waals surface area contributed by atoms with Gasteiger partial charge in [-0.1, -0.05) is 41.6 Å². The molecule has 0 spiro atoms. The molecule has 2 aromatic carbocycles. The lowest BCUT2D eigenvalue weighted by Crippen LogP contribution is -2.52. The largest absolute Gasteiger partial charge is 0.390 e. The fourth-order valence-electron chi connectivity index (χ4n) is 4.02. The van der Waals surface area contributed by atoms with Gasteiger partial charge in [-0.2, -0.15) is 0 Å². The Balaban J connectivity index is 1.46. The molecule has 1 aromatic heterocycles. The number of nitrogens with zero attached hydrogens (tertiary/aromatic N) is 2. The number of methoxy groups -OCH3 is 1. The third-order valence-corrected chi connectivity index (χ3v) is 5.81. The molecule has 2 heterocycles. The standard InChI is InChI=1S/C26H30N4O6/c1-34-17-22-15-20(29-36-22)14-21-12-13-23(31)24(35-21)16-30(25(32)27-18-8-4-2-5-9-18)26(33)28-19-10-6-3-7-11-19/h2-11,15,21,23-24,31H,12-14,16-17H2,1H3,(H,27,32)(H,28,33). The van der Waals surface area contributed by atoms with E-state index < -0.39 is 24.3 Å². The molecule has 3 aromatic rings. The molecule has 1 aliphatic heterocycles. The van der Waals surface area contributed by atoms with E-state index in [0.717, 1.165) is 4.90 Å². The minimum absolute atomic E-state index is 0.136. The number of benzene rings is 2. The van der Waals surface area contributed by atoms with Crippen LogP contribution in [0.25, 0.3) is 0 Å². The Morgan fingerprint density at radius 2 is 1.64 bits per heavy atom. The number of hydrogen-bond donors (Lipinski definition) is 3. The van der Waals surface area contributed by atoms with Gasteiger partial charge in [0.05, 0.1) is 24.4 Å². The average Bonchev–Trinajstić information content (AvgIpc) is 3.32. The Labute approximate surface area is 209 Å². The quantitative estimate of drug-likeness (QED) is 0.431. The second kappa shape index (κ2) is 12.3. The molecule has 36 heavy (non-hydrogen) atoms. The maximum atomic E-state index is 13.1. The number of hydrogen-bond acceptors (Lipinski definition) is 7. The van der Waals surface area contributed by atoms with Crippen molar-refractivity contribution in [1.29, 1.82) is 0 Å². The summed E-state index contributed by atoms with van der Waals surface area (Å²) >= 11 is 0. The molecule has 1 saturated heterocycles. The van der Waals surface area contributed by atoms with Gasteiger partial charge in [-0.3, -0.25) is 0 Å². The van der Waals surface area contributed by atoms with E-state index in [0.29, 0.717) is 48.7 Å². The van der Waals surface area contributed by atoms with Crippen LogP contribution >= 0.6 is 0 Å². The minimum atomic E-state index is -0.834. The second-order valence-corrected chi connectivity index (χ2v) is 8.57. The molecule has 0 radical (unpaired) electrons. The van der Waals surface area contributed by atoms with Crippen LogP contribution in [0.1, 0.15) is 24.3 Å². The Hall–Kier alpha value is -3.73. The summed E-state index contributed by atoms with van der Waals surface area (Å²) in [5.74, 6) is 0.612. The van der Waals surface area contributed by atoms with Gasteiger partial charge >= 0.3 is 12.1 Å². The van der Waals surface area contributed by atoms with Crippen molar-refractivity contribution in [2.45, 2.75) is 44.2 Å². The maximum absolute atomic E-state index is 13.1. The summed E-state index contributed by atoms with van der Waals surface area (Å²) in [5, 5.41) is 20.2. The van der Waals surface area contributed by atoms with Crippen LogP contribution in [0.15, 0.2) is 71.3 Å². The van der Waals surface area contributed by atoms with Crippen molar-refractivity contribution >= 4 is 23.4 Å². The molecule has 0 bridgehead atoms. The number of nitrogens with one attached hydrogen (secondary N) is 2. The molecule has 10 nitrogen and oxygen atoms in total. The van der Waals surface area contributed by atoms with Crippen LogP contribution in [0.4, 0.5) is 21.0 Å². The van der Waals surface area contributed by atoms with Crippen molar-refractivity contribution < 1.29 is 28.7 Å². The molecule has 3 unspecified atom stereocenters. The van der Waals surface area contributed by atoms with E-state index in [1.807, 2.05) is 12.1 Å². The molecule has 4 amide bonds. The minimum Gasteiger partial charge on any atom is -0.390 e. The first-order valence-corrected chi connectivity index (χ1v) is 11.8. The number of anilines is 2. The number of imide groups is 1. The van der Waals surface area contributed by atoms with Crippen LogP contribution in [-0.2, 0) is 22.5 Å². The lowest BCUT2D eigenvalue weighted by Gasteiger charge is -2.36. The molecule has 0 saturated carbocycles. The molecular weight excluding hydrogens is 464 g/mol. The van der Waals surface area contributed by atoms with Crippen molar-refractivity contribution in [1.82, 2.24) is 10.1 Å². The van der Waals surface area contributed by atoms with Gasteiger partial charge in [0.15, 0.2) is 5.76 Å². The lowest BCUT2D eigenvalue weighted by molar-refractivity contribution is -0.119. The highest BCUT2D eigenvalue weighted by atomic mass is 16.5. The van der Waals surface area contributed by atoms with E-state index in [2.05, 4.69) is 15.8 Å². The Kier molecular flexibility index (Phi) is 8.66.